The second-order valence-corrected chi connectivity index (χ2v) is 7.81. The molecule has 5 nitrogen and oxygen atoms in total. The lowest BCUT2D eigenvalue weighted by Crippen LogP contribution is -2.46. The molecule has 0 N–H and O–H groups in total. The number of hydrogen-bond acceptors (Lipinski definition) is 5. The summed E-state index contributed by atoms with van der Waals surface area (Å²) in [7, 11) is 0. The van der Waals surface area contributed by atoms with Gasteiger partial charge in [0.2, 0.25) is 11.8 Å². The van der Waals surface area contributed by atoms with Crippen molar-refractivity contribution < 1.29 is 9.21 Å². The lowest BCUT2D eigenvalue weighted by molar-refractivity contribution is 0.0975. The van der Waals surface area contributed by atoms with Gasteiger partial charge in [0.15, 0.2) is 11.5 Å². The van der Waals surface area contributed by atoms with Crippen LogP contribution in [0.25, 0.3) is 11.5 Å². The number of ketones is 1. The molecule has 1 aromatic heterocycles. The molecule has 1 saturated heterocycles. The van der Waals surface area contributed by atoms with Crippen LogP contribution in [0.2, 0.25) is 0 Å². The zero-order valence-corrected chi connectivity index (χ0v) is 17.6. The van der Waals surface area contributed by atoms with Gasteiger partial charge in [-0.2, -0.15) is 0 Å². The van der Waals surface area contributed by atoms with Crippen molar-refractivity contribution in [1.82, 2.24) is 9.88 Å². The van der Waals surface area contributed by atoms with E-state index in [9.17, 15) is 4.79 Å². The highest BCUT2D eigenvalue weighted by Gasteiger charge is 2.27. The summed E-state index contributed by atoms with van der Waals surface area (Å²) in [5.74, 6) is 1.23. The summed E-state index contributed by atoms with van der Waals surface area (Å²) in [6.07, 6.45) is 2.37. The molecule has 0 bridgehead atoms. The SMILES string of the molecule is CCCCC(=O)c1nc(-c2ccccc2)oc1N1CCN(Cc2ccccc2)CC1. The summed E-state index contributed by atoms with van der Waals surface area (Å²) in [4.78, 5) is 22.1. The van der Waals surface area contributed by atoms with Crippen LogP contribution in [0.3, 0.4) is 0 Å². The Bertz CT molecular complexity index is 945. The molecule has 0 saturated carbocycles. The fourth-order valence-corrected chi connectivity index (χ4v) is 3.82. The first kappa shape index (κ1) is 20.4. The summed E-state index contributed by atoms with van der Waals surface area (Å²) in [6.45, 7) is 6.55. The predicted octanol–water partition coefficient (Wildman–Crippen LogP) is 5.04. The first-order valence-corrected chi connectivity index (χ1v) is 10.8. The highest BCUT2D eigenvalue weighted by molar-refractivity contribution is 5.99. The number of aromatic nitrogens is 1. The topological polar surface area (TPSA) is 49.6 Å². The minimum Gasteiger partial charge on any atom is -0.420 e. The number of Topliss-reactive ketones (excluding diaryl/α,β-unsaturated/α-hetero) is 1. The number of anilines is 1. The van der Waals surface area contributed by atoms with E-state index in [4.69, 9.17) is 4.42 Å². The van der Waals surface area contributed by atoms with Crippen molar-refractivity contribution >= 4 is 11.7 Å². The molecule has 30 heavy (non-hydrogen) atoms. The van der Waals surface area contributed by atoms with Crippen LogP contribution >= 0.6 is 0 Å². The molecule has 2 aromatic carbocycles. The number of oxazole rings is 1. The van der Waals surface area contributed by atoms with Gasteiger partial charge in [-0.1, -0.05) is 61.9 Å². The number of hydrogen-bond donors (Lipinski definition) is 0. The Morgan fingerprint density at radius 1 is 0.967 bits per heavy atom. The van der Waals surface area contributed by atoms with Crippen molar-refractivity contribution in [2.75, 3.05) is 31.1 Å². The van der Waals surface area contributed by atoms with E-state index in [-0.39, 0.29) is 5.78 Å². The maximum absolute atomic E-state index is 12.9. The van der Waals surface area contributed by atoms with Gasteiger partial charge in [0.25, 0.3) is 0 Å². The number of benzene rings is 2. The Morgan fingerprint density at radius 2 is 1.63 bits per heavy atom. The fraction of sp³-hybridized carbons (Fsp3) is 0.360. The molecule has 1 aliphatic heterocycles. The van der Waals surface area contributed by atoms with Crippen LogP contribution in [-0.2, 0) is 6.54 Å². The van der Waals surface area contributed by atoms with Crippen LogP contribution in [-0.4, -0.2) is 41.8 Å². The van der Waals surface area contributed by atoms with E-state index >= 15 is 0 Å². The zero-order chi connectivity index (χ0) is 20.8. The summed E-state index contributed by atoms with van der Waals surface area (Å²) in [6, 6.07) is 20.4. The lowest BCUT2D eigenvalue weighted by atomic mass is 10.1. The number of carbonyl (C=O) groups is 1. The third kappa shape index (κ3) is 4.79. The number of nitrogens with zero attached hydrogens (tertiary/aromatic N) is 3. The molecule has 3 aromatic rings. The highest BCUT2D eigenvalue weighted by atomic mass is 16.4. The molecule has 0 aliphatic carbocycles. The molecular weight excluding hydrogens is 374 g/mol. The predicted molar refractivity (Wildman–Crippen MR) is 120 cm³/mol. The Balaban J connectivity index is 1.51. The number of piperazine rings is 1. The molecule has 0 atom stereocenters. The molecule has 0 spiro atoms. The first-order chi connectivity index (χ1) is 14.7. The Hall–Kier alpha value is -2.92. The zero-order valence-electron chi connectivity index (χ0n) is 17.6. The monoisotopic (exact) mass is 403 g/mol. The van der Waals surface area contributed by atoms with Gasteiger partial charge in [-0.25, -0.2) is 4.98 Å². The largest absolute Gasteiger partial charge is 0.420 e. The molecule has 156 valence electrons. The second-order valence-electron chi connectivity index (χ2n) is 7.81. The van der Waals surface area contributed by atoms with E-state index in [2.05, 4.69) is 46.0 Å². The standard InChI is InChI=1S/C25H29N3O2/c1-2-3-14-22(29)23-25(30-24(26-23)21-12-8-5-9-13-21)28-17-15-27(16-18-28)19-20-10-6-4-7-11-20/h4-13H,2-3,14-19H2,1H3. The van der Waals surface area contributed by atoms with Crippen LogP contribution in [0.1, 0.15) is 42.2 Å². The molecule has 5 heteroatoms. The smallest absolute Gasteiger partial charge is 0.229 e. The van der Waals surface area contributed by atoms with Gasteiger partial charge in [-0.3, -0.25) is 9.69 Å². The van der Waals surface area contributed by atoms with E-state index in [1.54, 1.807) is 0 Å². The molecule has 0 amide bonds. The summed E-state index contributed by atoms with van der Waals surface area (Å²) >= 11 is 0. The van der Waals surface area contributed by atoms with Crippen molar-refractivity contribution in [2.45, 2.75) is 32.7 Å². The average Bonchev–Trinajstić information content (AvgIpc) is 3.25. The average molecular weight is 404 g/mol. The molecular formula is C25H29N3O2. The molecule has 0 unspecified atom stereocenters. The molecule has 1 aliphatic rings. The van der Waals surface area contributed by atoms with E-state index in [0.29, 0.717) is 23.9 Å². The van der Waals surface area contributed by atoms with E-state index in [1.807, 2.05) is 36.4 Å². The fourth-order valence-electron chi connectivity index (χ4n) is 3.82. The molecule has 2 heterocycles. The van der Waals surface area contributed by atoms with Crippen LogP contribution in [0, 0.1) is 0 Å². The van der Waals surface area contributed by atoms with Crippen LogP contribution in [0.15, 0.2) is 65.1 Å². The van der Waals surface area contributed by atoms with E-state index in [1.165, 1.54) is 5.56 Å². The minimum absolute atomic E-state index is 0.0736. The van der Waals surface area contributed by atoms with Crippen LogP contribution < -0.4 is 4.90 Å². The van der Waals surface area contributed by atoms with Gasteiger partial charge >= 0.3 is 0 Å². The molecule has 0 radical (unpaired) electrons. The van der Waals surface area contributed by atoms with Gasteiger partial charge < -0.3 is 9.32 Å². The van der Waals surface area contributed by atoms with Crippen molar-refractivity contribution in [3.63, 3.8) is 0 Å². The number of carbonyl (C=O) groups excluding carboxylic acids is 1. The maximum atomic E-state index is 12.9. The maximum Gasteiger partial charge on any atom is 0.229 e. The quantitative estimate of drug-likeness (QED) is 0.493. The van der Waals surface area contributed by atoms with Gasteiger partial charge in [0, 0.05) is 44.7 Å². The van der Waals surface area contributed by atoms with Crippen molar-refractivity contribution in [3.8, 4) is 11.5 Å². The lowest BCUT2D eigenvalue weighted by Gasteiger charge is -2.34. The second kappa shape index (κ2) is 9.72. The Kier molecular flexibility index (Phi) is 6.60. The molecule has 1 fully saturated rings. The van der Waals surface area contributed by atoms with Crippen molar-refractivity contribution in [2.24, 2.45) is 0 Å². The van der Waals surface area contributed by atoms with Crippen molar-refractivity contribution in [3.05, 3.63) is 71.9 Å². The van der Waals surface area contributed by atoms with Crippen LogP contribution in [0.5, 0.6) is 0 Å². The first-order valence-electron chi connectivity index (χ1n) is 10.8. The third-order valence-corrected chi connectivity index (χ3v) is 5.56. The van der Waals surface area contributed by atoms with Gasteiger partial charge in [-0.15, -0.1) is 0 Å². The normalized spacial score (nSPS) is 14.8. The number of unbranched alkanes of at least 4 members (excludes halogenated alkanes) is 1. The van der Waals surface area contributed by atoms with Gasteiger partial charge in [0.1, 0.15) is 0 Å². The number of rotatable bonds is 8. The highest BCUT2D eigenvalue weighted by Crippen LogP contribution is 2.30. The van der Waals surface area contributed by atoms with Crippen molar-refractivity contribution in [1.29, 1.82) is 0 Å². The van der Waals surface area contributed by atoms with E-state index < -0.39 is 0 Å². The van der Waals surface area contributed by atoms with E-state index in [0.717, 1.165) is 51.1 Å². The summed E-state index contributed by atoms with van der Waals surface area (Å²) in [5.41, 5.74) is 2.71. The summed E-state index contributed by atoms with van der Waals surface area (Å²) < 4.78 is 6.17. The third-order valence-electron chi connectivity index (χ3n) is 5.56. The summed E-state index contributed by atoms with van der Waals surface area (Å²) in [5, 5.41) is 0. The van der Waals surface area contributed by atoms with Crippen LogP contribution in [0.4, 0.5) is 5.88 Å². The van der Waals surface area contributed by atoms with Gasteiger partial charge in [0.05, 0.1) is 0 Å². The Morgan fingerprint density at radius 3 is 2.30 bits per heavy atom. The van der Waals surface area contributed by atoms with Gasteiger partial charge in [-0.05, 0) is 24.1 Å². The molecule has 4 rings (SSSR count). The minimum atomic E-state index is 0.0736. The Labute approximate surface area is 178 Å².